The fourth-order valence-electron chi connectivity index (χ4n) is 4.47. The highest BCUT2D eigenvalue weighted by Crippen LogP contribution is 2.36. The Balaban J connectivity index is 1.42. The zero-order valence-electron chi connectivity index (χ0n) is 18.7. The molecule has 1 amide bonds. The molecule has 0 aliphatic carbocycles. The quantitative estimate of drug-likeness (QED) is 0.518. The third kappa shape index (κ3) is 5.71. The maximum absolute atomic E-state index is 11.2. The van der Waals surface area contributed by atoms with Crippen molar-refractivity contribution in [3.63, 3.8) is 0 Å². The molecule has 0 bridgehead atoms. The summed E-state index contributed by atoms with van der Waals surface area (Å²) in [7, 11) is 0. The average Bonchev–Trinajstić information content (AvgIpc) is 2.82. The first kappa shape index (κ1) is 22.0. The zero-order valence-corrected chi connectivity index (χ0v) is 18.7. The van der Waals surface area contributed by atoms with Crippen LogP contribution < -0.4 is 5.32 Å². The van der Waals surface area contributed by atoms with Gasteiger partial charge in [0.2, 0.25) is 5.91 Å². The number of aromatic nitrogens is 1. The van der Waals surface area contributed by atoms with Gasteiger partial charge in [0.15, 0.2) is 0 Å². The van der Waals surface area contributed by atoms with Crippen LogP contribution in [0.5, 0.6) is 0 Å². The maximum atomic E-state index is 11.2. The summed E-state index contributed by atoms with van der Waals surface area (Å²) in [5.74, 6) is -0.0417. The van der Waals surface area contributed by atoms with Gasteiger partial charge in [0.05, 0.1) is 5.69 Å². The molecule has 1 saturated heterocycles. The molecular weight excluding hydrogens is 394 g/mol. The lowest BCUT2D eigenvalue weighted by atomic mass is 9.74. The molecule has 0 radical (unpaired) electrons. The van der Waals surface area contributed by atoms with E-state index in [1.54, 1.807) is 0 Å². The van der Waals surface area contributed by atoms with Crippen molar-refractivity contribution in [1.29, 1.82) is 0 Å². The molecule has 1 N–H and O–H groups in total. The first-order valence-electron chi connectivity index (χ1n) is 11.3. The van der Waals surface area contributed by atoms with Crippen LogP contribution in [0, 0.1) is 0 Å². The predicted octanol–water partition coefficient (Wildman–Crippen LogP) is 5.37. The van der Waals surface area contributed by atoms with Gasteiger partial charge in [-0.05, 0) is 67.7 Å². The van der Waals surface area contributed by atoms with Crippen LogP contribution in [0.1, 0.15) is 36.6 Å². The first-order valence-corrected chi connectivity index (χ1v) is 11.3. The molecule has 164 valence electrons. The van der Waals surface area contributed by atoms with Crippen molar-refractivity contribution < 1.29 is 4.79 Å². The Kier molecular flexibility index (Phi) is 7.13. The fourth-order valence-corrected chi connectivity index (χ4v) is 4.47. The van der Waals surface area contributed by atoms with Gasteiger partial charge in [-0.15, -0.1) is 0 Å². The molecule has 0 unspecified atom stereocenters. The highest BCUT2D eigenvalue weighted by molar-refractivity contribution is 5.88. The van der Waals surface area contributed by atoms with Gasteiger partial charge in [0.1, 0.15) is 0 Å². The monoisotopic (exact) mass is 425 g/mol. The summed E-state index contributed by atoms with van der Waals surface area (Å²) < 4.78 is 0. The average molecular weight is 426 g/mol. The highest BCUT2D eigenvalue weighted by atomic mass is 16.1. The molecular formula is C28H31N3O. The molecule has 0 saturated carbocycles. The predicted molar refractivity (Wildman–Crippen MR) is 130 cm³/mol. The van der Waals surface area contributed by atoms with Gasteiger partial charge in [-0.3, -0.25) is 14.7 Å². The van der Waals surface area contributed by atoms with Crippen molar-refractivity contribution in [3.05, 3.63) is 108 Å². The fraction of sp³-hybridized carbons (Fsp3) is 0.286. The standard InChI is InChI=1S/C28H31N3O/c1-23(32)30-26-14-12-25(13-15-26)22-31-20-17-28(18-21-31,27-11-5-6-19-29-27)16-7-10-24-8-3-2-4-9-24/h2-9,11-16,19H,10,17-18,20-22H2,1H3,(H,30,32)/b16-7+. The Morgan fingerprint density at radius 3 is 2.34 bits per heavy atom. The van der Waals surface area contributed by atoms with Crippen LogP contribution in [0.2, 0.25) is 0 Å². The SMILES string of the molecule is CC(=O)Nc1ccc(CN2CCC(/C=C/Cc3ccccc3)(c3ccccn3)CC2)cc1. The molecule has 1 aliphatic rings. The lowest BCUT2D eigenvalue weighted by molar-refractivity contribution is -0.114. The van der Waals surface area contributed by atoms with E-state index in [1.165, 1.54) is 23.7 Å². The number of rotatable bonds is 7. The van der Waals surface area contributed by atoms with Crippen LogP contribution in [0.4, 0.5) is 5.69 Å². The van der Waals surface area contributed by atoms with Gasteiger partial charge in [-0.2, -0.15) is 0 Å². The summed E-state index contributed by atoms with van der Waals surface area (Å²) in [6.07, 6.45) is 9.69. The molecule has 0 spiro atoms. The summed E-state index contributed by atoms with van der Waals surface area (Å²) in [6.45, 7) is 4.51. The maximum Gasteiger partial charge on any atom is 0.221 e. The molecule has 4 rings (SSSR count). The van der Waals surface area contributed by atoms with E-state index in [-0.39, 0.29) is 11.3 Å². The van der Waals surface area contributed by atoms with Crippen molar-refractivity contribution in [2.45, 2.75) is 38.1 Å². The molecule has 2 heterocycles. The molecule has 1 fully saturated rings. The Morgan fingerprint density at radius 1 is 0.969 bits per heavy atom. The van der Waals surface area contributed by atoms with E-state index in [9.17, 15) is 4.79 Å². The molecule has 0 atom stereocenters. The molecule has 1 aliphatic heterocycles. The number of nitrogens with one attached hydrogen (secondary N) is 1. The van der Waals surface area contributed by atoms with Crippen LogP contribution in [-0.2, 0) is 23.2 Å². The second-order valence-corrected chi connectivity index (χ2v) is 8.62. The number of benzene rings is 2. The van der Waals surface area contributed by atoms with Crippen LogP contribution in [-0.4, -0.2) is 28.9 Å². The highest BCUT2D eigenvalue weighted by Gasteiger charge is 2.35. The number of likely N-dealkylation sites (tertiary alicyclic amines) is 1. The van der Waals surface area contributed by atoms with E-state index in [2.05, 4.69) is 77.0 Å². The number of amides is 1. The Labute approximate surface area is 191 Å². The van der Waals surface area contributed by atoms with Crippen LogP contribution in [0.25, 0.3) is 0 Å². The number of hydrogen-bond acceptors (Lipinski definition) is 3. The van der Waals surface area contributed by atoms with Crippen molar-refractivity contribution >= 4 is 11.6 Å². The van der Waals surface area contributed by atoms with Crippen molar-refractivity contribution in [3.8, 4) is 0 Å². The summed E-state index contributed by atoms with van der Waals surface area (Å²) in [4.78, 5) is 18.5. The smallest absolute Gasteiger partial charge is 0.221 e. The number of carbonyl (C=O) groups is 1. The molecule has 3 aromatic rings. The minimum atomic E-state index is -0.0417. The van der Waals surface area contributed by atoms with Crippen molar-refractivity contribution in [1.82, 2.24) is 9.88 Å². The molecule has 4 heteroatoms. The normalized spacial score (nSPS) is 16.2. The Hall–Kier alpha value is -3.24. The van der Waals surface area contributed by atoms with E-state index in [0.29, 0.717) is 0 Å². The summed E-state index contributed by atoms with van der Waals surface area (Å²) in [5, 5.41) is 2.83. The van der Waals surface area contributed by atoms with Gasteiger partial charge >= 0.3 is 0 Å². The van der Waals surface area contributed by atoms with E-state index < -0.39 is 0 Å². The van der Waals surface area contributed by atoms with Crippen molar-refractivity contribution in [2.75, 3.05) is 18.4 Å². The molecule has 4 nitrogen and oxygen atoms in total. The van der Waals surface area contributed by atoms with Crippen LogP contribution in [0.3, 0.4) is 0 Å². The van der Waals surface area contributed by atoms with E-state index in [0.717, 1.165) is 44.6 Å². The summed E-state index contributed by atoms with van der Waals surface area (Å²) in [6, 6.07) is 25.0. The Bertz CT molecular complexity index is 1020. The van der Waals surface area contributed by atoms with E-state index in [1.807, 2.05) is 24.4 Å². The van der Waals surface area contributed by atoms with Gasteiger partial charge in [0, 0.05) is 30.8 Å². The van der Waals surface area contributed by atoms with E-state index >= 15 is 0 Å². The number of piperidine rings is 1. The summed E-state index contributed by atoms with van der Waals surface area (Å²) >= 11 is 0. The molecule has 1 aromatic heterocycles. The lowest BCUT2D eigenvalue weighted by Crippen LogP contribution is -2.41. The number of pyridine rings is 1. The largest absolute Gasteiger partial charge is 0.326 e. The zero-order chi connectivity index (χ0) is 22.2. The number of anilines is 1. The molecule has 2 aromatic carbocycles. The first-order chi connectivity index (χ1) is 15.6. The minimum absolute atomic E-state index is 0.0121. The van der Waals surface area contributed by atoms with Crippen LogP contribution in [0.15, 0.2) is 91.1 Å². The van der Waals surface area contributed by atoms with Gasteiger partial charge in [-0.1, -0.05) is 60.7 Å². The number of carbonyl (C=O) groups excluding carboxylic acids is 1. The minimum Gasteiger partial charge on any atom is -0.326 e. The van der Waals surface area contributed by atoms with Gasteiger partial charge in [-0.25, -0.2) is 0 Å². The van der Waals surface area contributed by atoms with Gasteiger partial charge < -0.3 is 5.32 Å². The number of hydrogen-bond donors (Lipinski definition) is 1. The van der Waals surface area contributed by atoms with Crippen LogP contribution >= 0.6 is 0 Å². The third-order valence-electron chi connectivity index (χ3n) is 6.24. The molecule has 32 heavy (non-hydrogen) atoms. The number of allylic oxidation sites excluding steroid dienone is 2. The lowest BCUT2D eigenvalue weighted by Gasteiger charge is -2.40. The third-order valence-corrected chi connectivity index (χ3v) is 6.24. The Morgan fingerprint density at radius 2 is 1.69 bits per heavy atom. The second kappa shape index (κ2) is 10.4. The second-order valence-electron chi connectivity index (χ2n) is 8.62. The van der Waals surface area contributed by atoms with Gasteiger partial charge in [0.25, 0.3) is 0 Å². The van der Waals surface area contributed by atoms with Crippen molar-refractivity contribution in [2.24, 2.45) is 0 Å². The topological polar surface area (TPSA) is 45.2 Å². The summed E-state index contributed by atoms with van der Waals surface area (Å²) in [5.41, 5.74) is 4.60. The van der Waals surface area contributed by atoms with E-state index in [4.69, 9.17) is 4.98 Å². The number of nitrogens with zero attached hydrogens (tertiary/aromatic N) is 2.